The zero-order valence-electron chi connectivity index (χ0n) is 14.9. The third-order valence-corrected chi connectivity index (χ3v) is 5.02. The van der Waals surface area contributed by atoms with Crippen molar-refractivity contribution in [3.05, 3.63) is 64.4 Å². The van der Waals surface area contributed by atoms with Crippen molar-refractivity contribution in [3.8, 4) is 5.75 Å². The number of pyridine rings is 1. The minimum absolute atomic E-state index is 0.114. The van der Waals surface area contributed by atoms with E-state index in [9.17, 15) is 9.59 Å². The van der Waals surface area contributed by atoms with Crippen LogP contribution in [0.2, 0.25) is 0 Å². The van der Waals surface area contributed by atoms with Gasteiger partial charge in [-0.3, -0.25) is 9.59 Å². The molecule has 2 aromatic carbocycles. The molecule has 0 aliphatic heterocycles. The van der Waals surface area contributed by atoms with Crippen LogP contribution in [0.15, 0.2) is 58.4 Å². The molecule has 1 N–H and O–H groups in total. The van der Waals surface area contributed by atoms with Crippen LogP contribution >= 0.6 is 11.8 Å². The Morgan fingerprint density at radius 1 is 1.23 bits per heavy atom. The Kier molecular flexibility index (Phi) is 5.32. The second kappa shape index (κ2) is 7.66. The maximum atomic E-state index is 12.9. The summed E-state index contributed by atoms with van der Waals surface area (Å²) in [6.45, 7) is 2.61. The first-order valence-electron chi connectivity index (χ1n) is 8.24. The molecule has 3 aromatic rings. The first-order valence-corrected chi connectivity index (χ1v) is 9.47. The lowest BCUT2D eigenvalue weighted by Gasteiger charge is -2.13. The summed E-state index contributed by atoms with van der Waals surface area (Å²) < 4.78 is 7.12. The van der Waals surface area contributed by atoms with Gasteiger partial charge >= 0.3 is 0 Å². The van der Waals surface area contributed by atoms with Gasteiger partial charge in [0.1, 0.15) is 11.3 Å². The highest BCUT2D eigenvalue weighted by molar-refractivity contribution is 7.98. The second-order valence-electron chi connectivity index (χ2n) is 5.70. The summed E-state index contributed by atoms with van der Waals surface area (Å²) in [7, 11) is 1.55. The van der Waals surface area contributed by atoms with E-state index in [4.69, 9.17) is 4.74 Å². The minimum Gasteiger partial charge on any atom is -0.497 e. The number of hydrogen-bond acceptors (Lipinski definition) is 4. The molecule has 1 amide bonds. The SMILES string of the molecule is CCn1cc(C(=O)Nc2ccccc2SC)c(=O)c2cc(OC)ccc21. The fraction of sp³-hybridized carbons (Fsp3) is 0.200. The molecule has 134 valence electrons. The Labute approximate surface area is 156 Å². The zero-order chi connectivity index (χ0) is 18.7. The van der Waals surface area contributed by atoms with Crippen LogP contribution in [-0.4, -0.2) is 23.8 Å². The molecule has 26 heavy (non-hydrogen) atoms. The van der Waals surface area contributed by atoms with Crippen LogP contribution in [-0.2, 0) is 6.54 Å². The lowest BCUT2D eigenvalue weighted by atomic mass is 10.1. The van der Waals surface area contributed by atoms with Crippen molar-refractivity contribution in [3.63, 3.8) is 0 Å². The average molecular weight is 368 g/mol. The van der Waals surface area contributed by atoms with E-state index < -0.39 is 5.91 Å². The molecule has 1 aromatic heterocycles. The molecule has 0 atom stereocenters. The van der Waals surface area contributed by atoms with Crippen LogP contribution < -0.4 is 15.5 Å². The van der Waals surface area contributed by atoms with Gasteiger partial charge in [0.15, 0.2) is 0 Å². The fourth-order valence-electron chi connectivity index (χ4n) is 2.86. The van der Waals surface area contributed by atoms with Gasteiger partial charge in [-0.25, -0.2) is 0 Å². The zero-order valence-corrected chi connectivity index (χ0v) is 15.7. The van der Waals surface area contributed by atoms with E-state index in [2.05, 4.69) is 5.32 Å². The quantitative estimate of drug-likeness (QED) is 0.692. The number of methoxy groups -OCH3 is 1. The van der Waals surface area contributed by atoms with Crippen molar-refractivity contribution in [2.45, 2.75) is 18.4 Å². The van der Waals surface area contributed by atoms with Gasteiger partial charge in [0.25, 0.3) is 5.91 Å². The molecular weight excluding hydrogens is 348 g/mol. The maximum Gasteiger partial charge on any atom is 0.261 e. The second-order valence-corrected chi connectivity index (χ2v) is 6.54. The number of thioether (sulfide) groups is 1. The highest BCUT2D eigenvalue weighted by Gasteiger charge is 2.17. The highest BCUT2D eigenvalue weighted by Crippen LogP contribution is 2.25. The lowest BCUT2D eigenvalue weighted by molar-refractivity contribution is 0.102. The van der Waals surface area contributed by atoms with E-state index in [0.29, 0.717) is 23.4 Å². The molecule has 0 unspecified atom stereocenters. The topological polar surface area (TPSA) is 60.3 Å². The molecule has 0 aliphatic carbocycles. The van der Waals surface area contributed by atoms with Crippen molar-refractivity contribution in [2.75, 3.05) is 18.7 Å². The number of ether oxygens (including phenoxy) is 1. The fourth-order valence-corrected chi connectivity index (χ4v) is 3.42. The Morgan fingerprint density at radius 3 is 2.69 bits per heavy atom. The number of benzene rings is 2. The number of fused-ring (bicyclic) bond motifs is 1. The van der Waals surface area contributed by atoms with Crippen molar-refractivity contribution in [1.29, 1.82) is 0 Å². The number of carbonyl (C=O) groups excluding carboxylic acids is 1. The lowest BCUT2D eigenvalue weighted by Crippen LogP contribution is -2.24. The predicted octanol–water partition coefficient (Wildman–Crippen LogP) is 4.00. The van der Waals surface area contributed by atoms with Gasteiger partial charge in [-0.15, -0.1) is 11.8 Å². The van der Waals surface area contributed by atoms with Crippen molar-refractivity contribution < 1.29 is 9.53 Å². The standard InChI is InChI=1S/C20H20N2O3S/c1-4-22-12-15(19(23)14-11-13(25-2)9-10-17(14)22)20(24)21-16-7-5-6-8-18(16)26-3/h5-12H,4H2,1-3H3,(H,21,24). The van der Waals surface area contributed by atoms with E-state index in [0.717, 1.165) is 10.4 Å². The number of nitrogens with one attached hydrogen (secondary N) is 1. The molecule has 3 rings (SSSR count). The first-order chi connectivity index (χ1) is 12.6. The molecule has 0 saturated carbocycles. The number of aromatic nitrogens is 1. The molecule has 0 bridgehead atoms. The van der Waals surface area contributed by atoms with Gasteiger partial charge in [-0.2, -0.15) is 0 Å². The number of para-hydroxylation sites is 1. The smallest absolute Gasteiger partial charge is 0.261 e. The largest absolute Gasteiger partial charge is 0.497 e. The summed E-state index contributed by atoms with van der Waals surface area (Å²) in [5, 5.41) is 3.33. The van der Waals surface area contributed by atoms with E-state index in [1.165, 1.54) is 11.8 Å². The molecule has 0 spiro atoms. The minimum atomic E-state index is -0.414. The average Bonchev–Trinajstić information content (AvgIpc) is 2.68. The number of rotatable bonds is 5. The Balaban J connectivity index is 2.10. The first kappa shape index (κ1) is 18.1. The number of nitrogens with zero attached hydrogens (tertiary/aromatic N) is 1. The van der Waals surface area contributed by atoms with Gasteiger partial charge in [0.05, 0.1) is 23.7 Å². The molecule has 1 heterocycles. The van der Waals surface area contributed by atoms with Gasteiger partial charge in [0, 0.05) is 17.6 Å². The highest BCUT2D eigenvalue weighted by atomic mass is 32.2. The normalized spacial score (nSPS) is 10.7. The van der Waals surface area contributed by atoms with E-state index in [1.807, 2.05) is 54.1 Å². The molecule has 0 fully saturated rings. The molecule has 0 radical (unpaired) electrons. The van der Waals surface area contributed by atoms with E-state index >= 15 is 0 Å². The summed E-state index contributed by atoms with van der Waals surface area (Å²) >= 11 is 1.54. The predicted molar refractivity (Wildman–Crippen MR) is 107 cm³/mol. The van der Waals surface area contributed by atoms with E-state index in [-0.39, 0.29) is 11.0 Å². The molecule has 5 nitrogen and oxygen atoms in total. The number of hydrogen-bond donors (Lipinski definition) is 1. The third-order valence-electron chi connectivity index (χ3n) is 4.23. The van der Waals surface area contributed by atoms with Crippen LogP contribution in [0.4, 0.5) is 5.69 Å². The summed E-state index contributed by atoms with van der Waals surface area (Å²) in [5.74, 6) is 0.172. The monoisotopic (exact) mass is 368 g/mol. The molecular formula is C20H20N2O3S. The number of aryl methyl sites for hydroxylation is 1. The van der Waals surface area contributed by atoms with Crippen LogP contribution in [0, 0.1) is 0 Å². The maximum absolute atomic E-state index is 12.9. The van der Waals surface area contributed by atoms with Crippen molar-refractivity contribution >= 4 is 34.3 Å². The summed E-state index contributed by atoms with van der Waals surface area (Å²) in [6.07, 6.45) is 3.56. The molecule has 6 heteroatoms. The number of carbonyl (C=O) groups is 1. The number of amides is 1. The van der Waals surface area contributed by atoms with Gasteiger partial charge < -0.3 is 14.6 Å². The van der Waals surface area contributed by atoms with Crippen LogP contribution in [0.25, 0.3) is 10.9 Å². The Morgan fingerprint density at radius 2 is 2.00 bits per heavy atom. The van der Waals surface area contributed by atoms with Crippen LogP contribution in [0.5, 0.6) is 5.75 Å². The third kappa shape index (κ3) is 3.32. The van der Waals surface area contributed by atoms with Crippen molar-refractivity contribution in [1.82, 2.24) is 4.57 Å². The van der Waals surface area contributed by atoms with E-state index in [1.54, 1.807) is 19.4 Å². The molecule has 0 aliphatic rings. The van der Waals surface area contributed by atoms with Crippen LogP contribution in [0.3, 0.4) is 0 Å². The van der Waals surface area contributed by atoms with Crippen LogP contribution in [0.1, 0.15) is 17.3 Å². The van der Waals surface area contributed by atoms with Crippen molar-refractivity contribution in [2.24, 2.45) is 0 Å². The summed E-state index contributed by atoms with van der Waals surface area (Å²) in [5.41, 5.74) is 1.28. The van der Waals surface area contributed by atoms with Gasteiger partial charge in [0.2, 0.25) is 5.43 Å². The Bertz CT molecular complexity index is 1030. The summed E-state index contributed by atoms with van der Waals surface area (Å²) in [6, 6.07) is 12.8. The van der Waals surface area contributed by atoms with Gasteiger partial charge in [-0.1, -0.05) is 12.1 Å². The van der Waals surface area contributed by atoms with Gasteiger partial charge in [-0.05, 0) is 43.5 Å². The molecule has 0 saturated heterocycles. The summed E-state index contributed by atoms with van der Waals surface area (Å²) in [4.78, 5) is 26.7. The Hall–Kier alpha value is -2.73. The number of anilines is 1.